The van der Waals surface area contributed by atoms with Gasteiger partial charge < -0.3 is 10.4 Å². The van der Waals surface area contributed by atoms with Crippen LogP contribution in [0.1, 0.15) is 28.8 Å². The molecule has 1 atom stereocenters. The first kappa shape index (κ1) is 17.3. The molecule has 2 N–H and O–H groups in total. The van der Waals surface area contributed by atoms with E-state index in [-0.39, 0.29) is 24.3 Å². The summed E-state index contributed by atoms with van der Waals surface area (Å²) in [5, 5.41) is 12.5. The molecule has 2 aromatic carbocycles. The highest BCUT2D eigenvalue weighted by atomic mass is 16.3. The molecule has 1 fully saturated rings. The second-order valence-corrected chi connectivity index (χ2v) is 6.32. The number of nitrogens with zero attached hydrogens (tertiary/aromatic N) is 1. The number of anilines is 1. The minimum atomic E-state index is -0.367. The summed E-state index contributed by atoms with van der Waals surface area (Å²) in [6.07, 6.45) is 1.30. The van der Waals surface area contributed by atoms with Crippen LogP contribution in [0.25, 0.3) is 0 Å². The zero-order chi connectivity index (χ0) is 17.6. The standard InChI is InChI=1S/C20H22N2O3/c23-16-9-6-12-22(13-16)14-19(24)21-18-11-5-4-10-17(18)20(25)15-7-2-1-3-8-15/h1-5,7-8,10-11,16,23H,6,9,12-14H2,(H,21,24)/t16-/m0/s1. The van der Waals surface area contributed by atoms with Gasteiger partial charge in [-0.25, -0.2) is 0 Å². The molecule has 0 saturated carbocycles. The number of hydrogen-bond acceptors (Lipinski definition) is 4. The van der Waals surface area contributed by atoms with Crippen molar-refractivity contribution in [2.75, 3.05) is 25.0 Å². The van der Waals surface area contributed by atoms with E-state index in [2.05, 4.69) is 5.32 Å². The van der Waals surface area contributed by atoms with E-state index in [1.807, 2.05) is 23.1 Å². The van der Waals surface area contributed by atoms with Crippen molar-refractivity contribution in [2.45, 2.75) is 18.9 Å². The minimum absolute atomic E-state index is 0.120. The minimum Gasteiger partial charge on any atom is -0.392 e. The van der Waals surface area contributed by atoms with Crippen molar-refractivity contribution in [3.63, 3.8) is 0 Å². The lowest BCUT2D eigenvalue weighted by molar-refractivity contribution is -0.118. The Morgan fingerprint density at radius 2 is 1.80 bits per heavy atom. The number of amides is 1. The maximum absolute atomic E-state index is 12.7. The smallest absolute Gasteiger partial charge is 0.238 e. The van der Waals surface area contributed by atoms with Gasteiger partial charge in [0, 0.05) is 17.7 Å². The Hall–Kier alpha value is -2.50. The lowest BCUT2D eigenvalue weighted by atomic mass is 10.0. The Bertz CT molecular complexity index is 746. The summed E-state index contributed by atoms with van der Waals surface area (Å²) in [4.78, 5) is 27.0. The number of hydrogen-bond donors (Lipinski definition) is 2. The van der Waals surface area contributed by atoms with Crippen LogP contribution in [0.4, 0.5) is 5.69 Å². The number of para-hydroxylation sites is 1. The van der Waals surface area contributed by atoms with Gasteiger partial charge in [-0.15, -0.1) is 0 Å². The molecule has 0 bridgehead atoms. The normalized spacial score (nSPS) is 17.9. The lowest BCUT2D eigenvalue weighted by Gasteiger charge is -2.29. The van der Waals surface area contributed by atoms with E-state index in [1.54, 1.807) is 36.4 Å². The largest absolute Gasteiger partial charge is 0.392 e. The predicted molar refractivity (Wildman–Crippen MR) is 96.6 cm³/mol. The molecule has 1 aliphatic heterocycles. The van der Waals surface area contributed by atoms with Crippen LogP contribution in [0.5, 0.6) is 0 Å². The molecular formula is C20H22N2O3. The molecular weight excluding hydrogens is 316 g/mol. The molecule has 2 aromatic rings. The van der Waals surface area contributed by atoms with Crippen molar-refractivity contribution in [2.24, 2.45) is 0 Å². The van der Waals surface area contributed by atoms with Crippen LogP contribution < -0.4 is 5.32 Å². The number of β-amino-alcohol motifs (C(OH)–C–C–N with tert-alkyl or cyclic N) is 1. The van der Waals surface area contributed by atoms with E-state index in [4.69, 9.17) is 0 Å². The van der Waals surface area contributed by atoms with Crippen LogP contribution in [-0.2, 0) is 4.79 Å². The number of likely N-dealkylation sites (tertiary alicyclic amines) is 1. The fourth-order valence-corrected chi connectivity index (χ4v) is 3.10. The molecule has 0 spiro atoms. The molecule has 3 rings (SSSR count). The average Bonchev–Trinajstić information content (AvgIpc) is 2.62. The number of aliphatic hydroxyl groups is 1. The molecule has 130 valence electrons. The molecule has 5 heteroatoms. The zero-order valence-corrected chi connectivity index (χ0v) is 14.0. The second kappa shape index (κ2) is 8.05. The van der Waals surface area contributed by atoms with Crippen LogP contribution >= 0.6 is 0 Å². The first-order valence-corrected chi connectivity index (χ1v) is 8.52. The van der Waals surface area contributed by atoms with E-state index in [0.717, 1.165) is 19.4 Å². The topological polar surface area (TPSA) is 69.6 Å². The summed E-state index contributed by atoms with van der Waals surface area (Å²) in [6, 6.07) is 16.0. The van der Waals surface area contributed by atoms with Crippen molar-refractivity contribution >= 4 is 17.4 Å². The Balaban J connectivity index is 1.70. The monoisotopic (exact) mass is 338 g/mol. The molecule has 0 unspecified atom stereocenters. The molecule has 0 aromatic heterocycles. The predicted octanol–water partition coefficient (Wildman–Crippen LogP) is 2.31. The van der Waals surface area contributed by atoms with E-state index in [9.17, 15) is 14.7 Å². The highest BCUT2D eigenvalue weighted by molar-refractivity contribution is 6.13. The van der Waals surface area contributed by atoms with Gasteiger partial charge in [0.1, 0.15) is 0 Å². The third kappa shape index (κ3) is 4.53. The summed E-state index contributed by atoms with van der Waals surface area (Å²) >= 11 is 0. The molecule has 0 radical (unpaired) electrons. The Morgan fingerprint density at radius 1 is 1.08 bits per heavy atom. The third-order valence-electron chi connectivity index (χ3n) is 4.33. The Labute approximate surface area is 147 Å². The fraction of sp³-hybridized carbons (Fsp3) is 0.300. The molecule has 1 amide bonds. The van der Waals surface area contributed by atoms with Gasteiger partial charge in [0.25, 0.3) is 0 Å². The van der Waals surface area contributed by atoms with Gasteiger partial charge in [-0.3, -0.25) is 14.5 Å². The lowest BCUT2D eigenvalue weighted by Crippen LogP contribution is -2.42. The van der Waals surface area contributed by atoms with Gasteiger partial charge in [-0.05, 0) is 31.5 Å². The number of piperidine rings is 1. The Kier molecular flexibility index (Phi) is 5.58. The van der Waals surface area contributed by atoms with Crippen LogP contribution in [0.2, 0.25) is 0 Å². The molecule has 1 saturated heterocycles. The maximum Gasteiger partial charge on any atom is 0.238 e. The van der Waals surface area contributed by atoms with Gasteiger partial charge in [-0.2, -0.15) is 0 Å². The number of carbonyl (C=O) groups excluding carboxylic acids is 2. The third-order valence-corrected chi connectivity index (χ3v) is 4.33. The highest BCUT2D eigenvalue weighted by Crippen LogP contribution is 2.19. The van der Waals surface area contributed by atoms with Crippen LogP contribution in [0.3, 0.4) is 0 Å². The van der Waals surface area contributed by atoms with Crippen molar-refractivity contribution in [3.05, 3.63) is 65.7 Å². The van der Waals surface area contributed by atoms with E-state index < -0.39 is 0 Å². The van der Waals surface area contributed by atoms with Crippen molar-refractivity contribution in [1.82, 2.24) is 4.90 Å². The molecule has 0 aliphatic carbocycles. The zero-order valence-electron chi connectivity index (χ0n) is 14.0. The summed E-state index contributed by atoms with van der Waals surface area (Å²) in [6.45, 7) is 1.53. The molecule has 1 heterocycles. The highest BCUT2D eigenvalue weighted by Gasteiger charge is 2.21. The number of carbonyl (C=O) groups is 2. The SMILES string of the molecule is O=C(CN1CCC[C@H](O)C1)Nc1ccccc1C(=O)c1ccccc1. The molecule has 25 heavy (non-hydrogen) atoms. The number of aliphatic hydroxyl groups excluding tert-OH is 1. The first-order chi connectivity index (χ1) is 12.1. The van der Waals surface area contributed by atoms with Crippen LogP contribution in [-0.4, -0.2) is 47.4 Å². The van der Waals surface area contributed by atoms with Gasteiger partial charge in [0.15, 0.2) is 5.78 Å². The van der Waals surface area contributed by atoms with Gasteiger partial charge in [-0.1, -0.05) is 42.5 Å². The van der Waals surface area contributed by atoms with Crippen molar-refractivity contribution in [1.29, 1.82) is 0 Å². The maximum atomic E-state index is 12.7. The van der Waals surface area contributed by atoms with Gasteiger partial charge in [0.05, 0.1) is 18.3 Å². The molecule has 5 nitrogen and oxygen atoms in total. The van der Waals surface area contributed by atoms with Gasteiger partial charge >= 0.3 is 0 Å². The second-order valence-electron chi connectivity index (χ2n) is 6.32. The quantitative estimate of drug-likeness (QED) is 0.821. The first-order valence-electron chi connectivity index (χ1n) is 8.52. The summed E-state index contributed by atoms with van der Waals surface area (Å²) in [7, 11) is 0. The number of nitrogens with one attached hydrogen (secondary N) is 1. The van der Waals surface area contributed by atoms with Crippen molar-refractivity contribution < 1.29 is 14.7 Å². The van der Waals surface area contributed by atoms with Crippen molar-refractivity contribution in [3.8, 4) is 0 Å². The number of ketones is 1. The van der Waals surface area contributed by atoms with E-state index in [0.29, 0.717) is 23.4 Å². The van der Waals surface area contributed by atoms with Crippen LogP contribution in [0.15, 0.2) is 54.6 Å². The van der Waals surface area contributed by atoms with Crippen LogP contribution in [0, 0.1) is 0 Å². The summed E-state index contributed by atoms with van der Waals surface area (Å²) in [5.74, 6) is -0.299. The summed E-state index contributed by atoms with van der Waals surface area (Å²) < 4.78 is 0. The summed E-state index contributed by atoms with van der Waals surface area (Å²) in [5.41, 5.74) is 1.57. The van der Waals surface area contributed by atoms with Gasteiger partial charge in [0.2, 0.25) is 5.91 Å². The van der Waals surface area contributed by atoms with E-state index in [1.165, 1.54) is 0 Å². The average molecular weight is 338 g/mol. The molecule has 1 aliphatic rings. The Morgan fingerprint density at radius 3 is 2.56 bits per heavy atom. The fourth-order valence-electron chi connectivity index (χ4n) is 3.10. The van der Waals surface area contributed by atoms with E-state index >= 15 is 0 Å². The number of benzene rings is 2. The number of rotatable bonds is 5.